The molecular formula is C24H17F5O2. The molecule has 0 aliphatic carbocycles. The van der Waals surface area contributed by atoms with Crippen LogP contribution in [0.1, 0.15) is 34.8 Å². The van der Waals surface area contributed by atoms with Crippen molar-refractivity contribution in [1.29, 1.82) is 0 Å². The van der Waals surface area contributed by atoms with E-state index in [1.807, 2.05) is 19.1 Å². The van der Waals surface area contributed by atoms with Gasteiger partial charge in [-0.1, -0.05) is 24.3 Å². The number of hydrogen-bond acceptors (Lipinski definition) is 2. The Kier molecular flexibility index (Phi) is 6.84. The molecule has 0 heterocycles. The second-order valence-corrected chi connectivity index (χ2v) is 6.72. The van der Waals surface area contributed by atoms with Gasteiger partial charge in [-0.2, -0.15) is 8.78 Å². The number of rotatable bonds is 6. The molecule has 0 atom stereocenters. The SMILES string of the molecule is C/C=C/CCc1cc(F)c(C(=O)Oc2ccc3c(F)c(C=C(F)F)ccc3c2)c(F)c1. The van der Waals surface area contributed by atoms with Crippen LogP contribution in [0.3, 0.4) is 0 Å². The number of carbonyl (C=O) groups is 1. The smallest absolute Gasteiger partial charge is 0.349 e. The third-order valence-electron chi connectivity index (χ3n) is 4.57. The molecule has 31 heavy (non-hydrogen) atoms. The number of hydrogen-bond donors (Lipinski definition) is 0. The van der Waals surface area contributed by atoms with Crippen LogP contribution in [0.5, 0.6) is 5.75 Å². The van der Waals surface area contributed by atoms with Crippen molar-refractivity contribution in [3.63, 3.8) is 0 Å². The molecule has 0 radical (unpaired) electrons. The van der Waals surface area contributed by atoms with Gasteiger partial charge in [-0.3, -0.25) is 0 Å². The van der Waals surface area contributed by atoms with Crippen LogP contribution in [0.4, 0.5) is 22.0 Å². The maximum atomic E-state index is 14.4. The standard InChI is InChI=1S/C24H17F5O2/c1-2-3-4-5-14-10-19(25)22(20(26)11-14)24(30)31-17-8-9-18-15(12-17)6-7-16(23(18)29)13-21(27)28/h2-3,6-13H,4-5H2,1H3/b3-2+. The van der Waals surface area contributed by atoms with E-state index >= 15 is 0 Å². The van der Waals surface area contributed by atoms with Crippen LogP contribution >= 0.6 is 0 Å². The van der Waals surface area contributed by atoms with Gasteiger partial charge in [0.25, 0.3) is 6.08 Å². The van der Waals surface area contributed by atoms with Gasteiger partial charge in [0.15, 0.2) is 0 Å². The summed E-state index contributed by atoms with van der Waals surface area (Å²) in [7, 11) is 0. The van der Waals surface area contributed by atoms with Crippen LogP contribution in [-0.2, 0) is 6.42 Å². The fourth-order valence-corrected chi connectivity index (χ4v) is 3.12. The first-order valence-electron chi connectivity index (χ1n) is 9.36. The van der Waals surface area contributed by atoms with E-state index in [9.17, 15) is 26.7 Å². The number of ether oxygens (including phenoxy) is 1. The number of allylic oxidation sites excluding steroid dienone is 2. The fraction of sp³-hybridized carbons (Fsp3) is 0.125. The molecule has 0 bridgehead atoms. The summed E-state index contributed by atoms with van der Waals surface area (Å²) < 4.78 is 72.9. The summed E-state index contributed by atoms with van der Waals surface area (Å²) in [4.78, 5) is 12.3. The van der Waals surface area contributed by atoms with Crippen molar-refractivity contribution in [3.05, 3.63) is 94.8 Å². The second-order valence-electron chi connectivity index (χ2n) is 6.72. The molecule has 0 saturated carbocycles. The zero-order valence-corrected chi connectivity index (χ0v) is 16.4. The van der Waals surface area contributed by atoms with Gasteiger partial charge in [0.1, 0.15) is 28.8 Å². The van der Waals surface area contributed by atoms with Crippen LogP contribution < -0.4 is 4.74 Å². The average Bonchev–Trinajstić information content (AvgIpc) is 2.69. The molecule has 0 fully saturated rings. The van der Waals surface area contributed by atoms with E-state index in [4.69, 9.17) is 4.74 Å². The zero-order chi connectivity index (χ0) is 22.5. The Morgan fingerprint density at radius 3 is 2.35 bits per heavy atom. The van der Waals surface area contributed by atoms with E-state index in [0.29, 0.717) is 24.5 Å². The van der Waals surface area contributed by atoms with Crippen molar-refractivity contribution in [2.24, 2.45) is 0 Å². The van der Waals surface area contributed by atoms with Crippen LogP contribution in [0, 0.1) is 17.5 Å². The zero-order valence-electron chi connectivity index (χ0n) is 16.4. The molecule has 0 aliphatic rings. The Labute approximate surface area is 175 Å². The molecule has 0 spiro atoms. The molecule has 3 aromatic rings. The lowest BCUT2D eigenvalue weighted by Crippen LogP contribution is -2.14. The Morgan fingerprint density at radius 1 is 1.00 bits per heavy atom. The van der Waals surface area contributed by atoms with Gasteiger partial charge in [-0.25, -0.2) is 18.0 Å². The average molecular weight is 432 g/mol. The molecule has 7 heteroatoms. The Morgan fingerprint density at radius 2 is 1.71 bits per heavy atom. The maximum absolute atomic E-state index is 14.4. The first-order valence-corrected chi connectivity index (χ1v) is 9.36. The maximum Gasteiger partial charge on any atom is 0.349 e. The summed E-state index contributed by atoms with van der Waals surface area (Å²) in [5.74, 6) is -4.27. The summed E-state index contributed by atoms with van der Waals surface area (Å²) in [6.07, 6.45) is 3.05. The summed E-state index contributed by atoms with van der Waals surface area (Å²) in [6.45, 7) is 1.83. The minimum Gasteiger partial charge on any atom is -0.423 e. The Hall–Kier alpha value is -3.48. The third-order valence-corrected chi connectivity index (χ3v) is 4.57. The van der Waals surface area contributed by atoms with Gasteiger partial charge in [0, 0.05) is 17.0 Å². The van der Waals surface area contributed by atoms with E-state index in [-0.39, 0.29) is 22.1 Å². The van der Waals surface area contributed by atoms with E-state index in [2.05, 4.69) is 0 Å². The van der Waals surface area contributed by atoms with Crippen LogP contribution in [0.15, 0.2) is 60.7 Å². The Bertz CT molecular complexity index is 1170. The highest BCUT2D eigenvalue weighted by Gasteiger charge is 2.21. The first-order chi connectivity index (χ1) is 14.8. The van der Waals surface area contributed by atoms with Crippen molar-refractivity contribution in [3.8, 4) is 5.75 Å². The fourth-order valence-electron chi connectivity index (χ4n) is 3.12. The number of benzene rings is 3. The molecule has 0 unspecified atom stereocenters. The third kappa shape index (κ3) is 5.17. The predicted molar refractivity (Wildman–Crippen MR) is 109 cm³/mol. The Balaban J connectivity index is 1.85. The predicted octanol–water partition coefficient (Wildman–Crippen LogP) is 7.22. The quantitative estimate of drug-likeness (QED) is 0.178. The van der Waals surface area contributed by atoms with E-state index < -0.39 is 35.1 Å². The van der Waals surface area contributed by atoms with Crippen molar-refractivity contribution >= 4 is 22.8 Å². The lowest BCUT2D eigenvalue weighted by Gasteiger charge is -2.10. The van der Waals surface area contributed by atoms with Crippen LogP contribution in [0.25, 0.3) is 16.8 Å². The van der Waals surface area contributed by atoms with Crippen molar-refractivity contribution in [1.82, 2.24) is 0 Å². The summed E-state index contributed by atoms with van der Waals surface area (Å²) in [5, 5.41) is 0.289. The monoisotopic (exact) mass is 432 g/mol. The lowest BCUT2D eigenvalue weighted by molar-refractivity contribution is 0.0725. The van der Waals surface area contributed by atoms with Gasteiger partial charge < -0.3 is 4.74 Å². The molecule has 0 aliphatic heterocycles. The normalized spacial score (nSPS) is 11.2. The van der Waals surface area contributed by atoms with Crippen LogP contribution in [-0.4, -0.2) is 5.97 Å². The molecule has 160 valence electrons. The van der Waals surface area contributed by atoms with Crippen LogP contribution in [0.2, 0.25) is 0 Å². The molecule has 0 saturated heterocycles. The van der Waals surface area contributed by atoms with Crippen molar-refractivity contribution < 1.29 is 31.5 Å². The van der Waals surface area contributed by atoms with Gasteiger partial charge >= 0.3 is 5.97 Å². The van der Waals surface area contributed by atoms with Gasteiger partial charge in [0.2, 0.25) is 0 Å². The molecule has 0 N–H and O–H groups in total. The lowest BCUT2D eigenvalue weighted by atomic mass is 10.0. The van der Waals surface area contributed by atoms with Gasteiger partial charge in [-0.05, 0) is 61.0 Å². The largest absolute Gasteiger partial charge is 0.423 e. The highest BCUT2D eigenvalue weighted by Crippen LogP contribution is 2.28. The first kappa shape index (κ1) is 22.2. The van der Waals surface area contributed by atoms with E-state index in [1.165, 1.54) is 24.3 Å². The summed E-state index contributed by atoms with van der Waals surface area (Å²) >= 11 is 0. The molecule has 3 aromatic carbocycles. The number of carbonyl (C=O) groups excluding carboxylic acids is 1. The minimum absolute atomic E-state index is 0.0256. The van der Waals surface area contributed by atoms with Gasteiger partial charge in [-0.15, -0.1) is 0 Å². The summed E-state index contributed by atoms with van der Waals surface area (Å²) in [5.41, 5.74) is -0.726. The van der Waals surface area contributed by atoms with Crippen molar-refractivity contribution in [2.75, 3.05) is 0 Å². The highest BCUT2D eigenvalue weighted by molar-refractivity contribution is 5.93. The topological polar surface area (TPSA) is 26.3 Å². The number of fused-ring (bicyclic) bond motifs is 1. The molecule has 3 rings (SSSR count). The number of esters is 1. The van der Waals surface area contributed by atoms with E-state index in [0.717, 1.165) is 18.2 Å². The highest BCUT2D eigenvalue weighted by atomic mass is 19.3. The molecular weight excluding hydrogens is 415 g/mol. The minimum atomic E-state index is -2.04. The molecule has 2 nitrogen and oxygen atoms in total. The number of aryl methyl sites for hydroxylation is 1. The summed E-state index contributed by atoms with van der Waals surface area (Å²) in [6, 6.07) is 8.40. The number of halogens is 5. The van der Waals surface area contributed by atoms with Crippen molar-refractivity contribution in [2.45, 2.75) is 19.8 Å². The van der Waals surface area contributed by atoms with E-state index in [1.54, 1.807) is 0 Å². The molecule has 0 aromatic heterocycles. The molecule has 0 amide bonds. The van der Waals surface area contributed by atoms with Gasteiger partial charge in [0.05, 0.1) is 0 Å². The second kappa shape index (κ2) is 9.55.